The van der Waals surface area contributed by atoms with Crippen molar-refractivity contribution in [3.8, 4) is 0 Å². The van der Waals surface area contributed by atoms with Gasteiger partial charge in [0.05, 0.1) is 5.69 Å². The van der Waals surface area contributed by atoms with E-state index < -0.39 is 0 Å². The Hall–Kier alpha value is -2.34. The molecule has 0 saturated heterocycles. The molecule has 0 aliphatic rings. The number of aryl methyl sites for hydroxylation is 1. The first-order valence-electron chi connectivity index (χ1n) is 7.81. The molecule has 6 heteroatoms. The molecule has 1 aromatic carbocycles. The third-order valence-corrected chi connectivity index (χ3v) is 3.67. The van der Waals surface area contributed by atoms with Gasteiger partial charge >= 0.3 is 5.63 Å². The smallest absolute Gasteiger partial charge is 0.338 e. The zero-order valence-electron chi connectivity index (χ0n) is 13.2. The predicted molar refractivity (Wildman–Crippen MR) is 88.7 cm³/mol. The van der Waals surface area contributed by atoms with Crippen molar-refractivity contribution in [2.24, 2.45) is 0 Å². The Morgan fingerprint density at radius 2 is 1.96 bits per heavy atom. The van der Waals surface area contributed by atoms with Crippen LogP contribution in [0.3, 0.4) is 0 Å². The minimum Gasteiger partial charge on any atom is -0.423 e. The third kappa shape index (κ3) is 5.10. The largest absolute Gasteiger partial charge is 0.423 e. The second-order valence-electron chi connectivity index (χ2n) is 5.60. The van der Waals surface area contributed by atoms with Crippen molar-refractivity contribution in [1.29, 1.82) is 0 Å². The molecule has 1 amide bonds. The first-order valence-corrected chi connectivity index (χ1v) is 7.81. The van der Waals surface area contributed by atoms with Gasteiger partial charge in [-0.1, -0.05) is 24.5 Å². The molecule has 2 aromatic rings. The molecule has 2 rings (SSSR count). The molecule has 0 bridgehead atoms. The van der Waals surface area contributed by atoms with Crippen LogP contribution in [0, 0.1) is 6.92 Å². The fraction of sp³-hybridized carbons (Fsp3) is 0.412. The Balaban J connectivity index is 1.84. The molecule has 0 radical (unpaired) electrons. The summed E-state index contributed by atoms with van der Waals surface area (Å²) in [6.07, 6.45) is 3.93. The van der Waals surface area contributed by atoms with E-state index in [1.54, 1.807) is 5.48 Å². The van der Waals surface area contributed by atoms with Crippen LogP contribution in [0.25, 0.3) is 11.0 Å². The lowest BCUT2D eigenvalue weighted by atomic mass is 10.1. The lowest BCUT2D eigenvalue weighted by Crippen LogP contribution is -2.17. The Morgan fingerprint density at radius 1 is 1.17 bits per heavy atom. The van der Waals surface area contributed by atoms with Crippen LogP contribution in [0.4, 0.5) is 5.69 Å². The van der Waals surface area contributed by atoms with Gasteiger partial charge in [0.2, 0.25) is 5.91 Å². The van der Waals surface area contributed by atoms with Gasteiger partial charge in [-0.25, -0.2) is 10.3 Å². The standard InChI is InChI=1S/C17H22N2O4/c1-12-7-8-15-13(10-12)14(11-17(21)23-15)18-9-5-3-2-4-6-16(20)19-22/h7-8,10-11,18,22H,2-6,9H2,1H3,(H,19,20). The van der Waals surface area contributed by atoms with Crippen LogP contribution in [0.5, 0.6) is 0 Å². The van der Waals surface area contributed by atoms with Crippen LogP contribution in [0.1, 0.15) is 37.7 Å². The van der Waals surface area contributed by atoms with Gasteiger partial charge in [0, 0.05) is 24.4 Å². The van der Waals surface area contributed by atoms with Crippen molar-refractivity contribution >= 4 is 22.6 Å². The summed E-state index contributed by atoms with van der Waals surface area (Å²) in [7, 11) is 0. The highest BCUT2D eigenvalue weighted by atomic mass is 16.5. The van der Waals surface area contributed by atoms with Gasteiger partial charge in [-0.05, 0) is 31.9 Å². The summed E-state index contributed by atoms with van der Waals surface area (Å²) in [6, 6.07) is 7.20. The van der Waals surface area contributed by atoms with Crippen LogP contribution < -0.4 is 16.4 Å². The number of anilines is 1. The normalized spacial score (nSPS) is 10.7. The monoisotopic (exact) mass is 318 g/mol. The van der Waals surface area contributed by atoms with Crippen LogP contribution in [0.15, 0.2) is 33.5 Å². The molecule has 0 saturated carbocycles. The van der Waals surface area contributed by atoms with Crippen molar-refractivity contribution in [3.63, 3.8) is 0 Å². The maximum atomic E-state index is 11.6. The van der Waals surface area contributed by atoms with E-state index in [0.717, 1.165) is 48.9 Å². The molecule has 6 nitrogen and oxygen atoms in total. The van der Waals surface area contributed by atoms with E-state index >= 15 is 0 Å². The van der Waals surface area contributed by atoms with Gasteiger partial charge in [0.15, 0.2) is 0 Å². The molecular formula is C17H22N2O4. The average Bonchev–Trinajstić information content (AvgIpc) is 2.54. The molecule has 1 aromatic heterocycles. The van der Waals surface area contributed by atoms with Crippen molar-refractivity contribution in [2.45, 2.75) is 39.0 Å². The molecule has 0 fully saturated rings. The number of rotatable bonds is 8. The minimum atomic E-state index is -0.362. The first kappa shape index (κ1) is 17.0. The molecule has 0 aliphatic carbocycles. The molecular weight excluding hydrogens is 296 g/mol. The minimum absolute atomic E-state index is 0.341. The number of carbonyl (C=O) groups excluding carboxylic acids is 1. The van der Waals surface area contributed by atoms with Crippen LogP contribution in [0.2, 0.25) is 0 Å². The predicted octanol–water partition coefficient (Wildman–Crippen LogP) is 2.97. The maximum absolute atomic E-state index is 11.6. The summed E-state index contributed by atoms with van der Waals surface area (Å²) in [5.74, 6) is -0.346. The van der Waals surface area contributed by atoms with E-state index in [1.807, 2.05) is 25.1 Å². The van der Waals surface area contributed by atoms with Crippen molar-refractivity contribution in [2.75, 3.05) is 11.9 Å². The second kappa shape index (κ2) is 8.33. The van der Waals surface area contributed by atoms with Crippen molar-refractivity contribution < 1.29 is 14.4 Å². The van der Waals surface area contributed by atoms with Crippen molar-refractivity contribution in [1.82, 2.24) is 5.48 Å². The van der Waals surface area contributed by atoms with E-state index in [1.165, 1.54) is 6.07 Å². The van der Waals surface area contributed by atoms with Gasteiger partial charge < -0.3 is 9.73 Å². The van der Waals surface area contributed by atoms with Gasteiger partial charge in [-0.15, -0.1) is 0 Å². The summed E-state index contributed by atoms with van der Waals surface area (Å²) < 4.78 is 5.20. The SMILES string of the molecule is Cc1ccc2oc(=O)cc(NCCCCCCC(=O)NO)c2c1. The number of benzene rings is 1. The first-order chi connectivity index (χ1) is 11.1. The third-order valence-electron chi connectivity index (χ3n) is 3.67. The van der Waals surface area contributed by atoms with Crippen LogP contribution in [-0.4, -0.2) is 17.7 Å². The lowest BCUT2D eigenvalue weighted by Gasteiger charge is -2.09. The number of unbranched alkanes of at least 4 members (excludes halogenated alkanes) is 3. The zero-order valence-corrected chi connectivity index (χ0v) is 13.2. The van der Waals surface area contributed by atoms with E-state index in [4.69, 9.17) is 9.62 Å². The molecule has 1 heterocycles. The Morgan fingerprint density at radius 3 is 2.74 bits per heavy atom. The summed E-state index contributed by atoms with van der Waals surface area (Å²) in [6.45, 7) is 2.75. The highest BCUT2D eigenvalue weighted by Gasteiger charge is 2.05. The number of nitrogens with one attached hydrogen (secondary N) is 2. The summed E-state index contributed by atoms with van der Waals surface area (Å²) in [5, 5.41) is 12.6. The number of hydrogen-bond donors (Lipinski definition) is 3. The van der Waals surface area contributed by atoms with Crippen molar-refractivity contribution in [3.05, 3.63) is 40.2 Å². The zero-order chi connectivity index (χ0) is 16.7. The van der Waals surface area contributed by atoms with Gasteiger partial charge in [0.1, 0.15) is 5.58 Å². The van der Waals surface area contributed by atoms with Crippen LogP contribution in [-0.2, 0) is 4.79 Å². The number of hydrogen-bond acceptors (Lipinski definition) is 5. The highest BCUT2D eigenvalue weighted by Crippen LogP contribution is 2.22. The van der Waals surface area contributed by atoms with E-state index in [0.29, 0.717) is 12.0 Å². The average molecular weight is 318 g/mol. The Labute approximate surface area is 134 Å². The molecule has 23 heavy (non-hydrogen) atoms. The fourth-order valence-electron chi connectivity index (χ4n) is 2.47. The molecule has 0 spiro atoms. The maximum Gasteiger partial charge on any atom is 0.338 e. The lowest BCUT2D eigenvalue weighted by molar-refractivity contribution is -0.129. The van der Waals surface area contributed by atoms with Crippen LogP contribution >= 0.6 is 0 Å². The molecule has 0 unspecified atom stereocenters. The number of hydroxylamine groups is 1. The Bertz CT molecular complexity index is 724. The number of carbonyl (C=O) groups is 1. The summed E-state index contributed by atoms with van der Waals surface area (Å²) in [4.78, 5) is 22.4. The quantitative estimate of drug-likeness (QED) is 0.301. The van der Waals surface area contributed by atoms with E-state index in [-0.39, 0.29) is 11.5 Å². The number of amides is 1. The van der Waals surface area contributed by atoms with E-state index in [9.17, 15) is 9.59 Å². The van der Waals surface area contributed by atoms with Gasteiger partial charge in [0.25, 0.3) is 0 Å². The summed E-state index contributed by atoms with van der Waals surface area (Å²) in [5.41, 5.74) is 3.75. The Kier molecular flexibility index (Phi) is 6.17. The second-order valence-corrected chi connectivity index (χ2v) is 5.60. The van der Waals surface area contributed by atoms with E-state index in [2.05, 4.69) is 5.32 Å². The summed E-state index contributed by atoms with van der Waals surface area (Å²) >= 11 is 0. The molecule has 0 aliphatic heterocycles. The molecule has 0 atom stereocenters. The molecule has 3 N–H and O–H groups in total. The van der Waals surface area contributed by atoms with Gasteiger partial charge in [-0.3, -0.25) is 10.0 Å². The molecule has 124 valence electrons. The highest BCUT2D eigenvalue weighted by molar-refractivity contribution is 5.90. The topological polar surface area (TPSA) is 91.6 Å². The number of fused-ring (bicyclic) bond motifs is 1. The fourth-order valence-corrected chi connectivity index (χ4v) is 2.47. The van der Waals surface area contributed by atoms with Gasteiger partial charge in [-0.2, -0.15) is 0 Å².